The van der Waals surface area contributed by atoms with Crippen LogP contribution in [0.3, 0.4) is 0 Å². The molecule has 0 N–H and O–H groups in total. The minimum atomic E-state index is -0.192. The summed E-state index contributed by atoms with van der Waals surface area (Å²) in [7, 11) is 0. The number of anilines is 8. The van der Waals surface area contributed by atoms with Crippen molar-refractivity contribution in [3.8, 4) is 11.1 Å². The minimum absolute atomic E-state index is 0.00137. The summed E-state index contributed by atoms with van der Waals surface area (Å²) in [5.74, 6) is 0.951. The molecule has 7 aromatic carbocycles. The zero-order valence-corrected chi connectivity index (χ0v) is 51.7. The van der Waals surface area contributed by atoms with Gasteiger partial charge in [0.2, 0.25) is 5.88 Å². The first kappa shape index (κ1) is 52.6. The van der Waals surface area contributed by atoms with Crippen LogP contribution in [-0.4, -0.2) is 12.3 Å². The number of furan rings is 1. The summed E-state index contributed by atoms with van der Waals surface area (Å²) < 4.78 is 7.87. The van der Waals surface area contributed by atoms with E-state index in [4.69, 9.17) is 4.42 Å². The van der Waals surface area contributed by atoms with Crippen molar-refractivity contribution in [3.05, 3.63) is 172 Å². The van der Waals surface area contributed by atoms with E-state index in [1.54, 1.807) is 0 Å². The topological polar surface area (TPSA) is 22.9 Å². The van der Waals surface area contributed by atoms with E-state index in [-0.39, 0.29) is 50.2 Å². The fourth-order valence-corrected chi connectivity index (χ4v) is 16.5. The second-order valence-corrected chi connectivity index (χ2v) is 31.1. The molecular weight excluding hydrogens is 982 g/mol. The molecule has 0 bridgehead atoms. The molecule has 414 valence electrons. The van der Waals surface area contributed by atoms with E-state index in [1.165, 1.54) is 114 Å². The molecule has 81 heavy (non-hydrogen) atoms. The van der Waals surface area contributed by atoms with Gasteiger partial charge in [-0.2, -0.15) is 0 Å². The SMILES string of the molecule is CC(C)(C)c1ccc(N(c2ccc(C(C)(C)C)cc2)c2cc3c4c(c2)N2c5c(cc(-c6ccccc6)cc5C5(C)CCCCC25C)B4c2c(oc4cc5c(cc24)C(C)(C)CCC5(C)C)N3c2ccc3c(c2)C(C)(C)CCC3(C)C)cc1. The third kappa shape index (κ3) is 7.60. The predicted molar refractivity (Wildman–Crippen MR) is 346 cm³/mol. The van der Waals surface area contributed by atoms with Crippen LogP contribution in [0.5, 0.6) is 0 Å². The van der Waals surface area contributed by atoms with E-state index in [9.17, 15) is 0 Å². The van der Waals surface area contributed by atoms with Crippen LogP contribution in [0.2, 0.25) is 0 Å². The van der Waals surface area contributed by atoms with Crippen LogP contribution in [0.15, 0.2) is 138 Å². The maximum absolute atomic E-state index is 7.87. The molecule has 14 rings (SSSR count). The van der Waals surface area contributed by atoms with Crippen molar-refractivity contribution >= 4 is 79.8 Å². The molecule has 3 aliphatic heterocycles. The second kappa shape index (κ2) is 17.1. The van der Waals surface area contributed by atoms with Gasteiger partial charge in [-0.1, -0.05) is 183 Å². The maximum Gasteiger partial charge on any atom is 0.257 e. The molecule has 4 heterocycles. The molecule has 2 unspecified atom stereocenters. The van der Waals surface area contributed by atoms with Crippen molar-refractivity contribution in [1.29, 1.82) is 0 Å². The molecule has 3 aliphatic carbocycles. The van der Waals surface area contributed by atoms with E-state index >= 15 is 0 Å². The summed E-state index contributed by atoms with van der Waals surface area (Å²) >= 11 is 0. The lowest BCUT2D eigenvalue weighted by molar-refractivity contribution is 0.195. The van der Waals surface area contributed by atoms with Gasteiger partial charge in [-0.3, -0.25) is 4.90 Å². The number of nitrogens with zero attached hydrogens (tertiary/aromatic N) is 3. The van der Waals surface area contributed by atoms with Gasteiger partial charge in [0.15, 0.2) is 0 Å². The molecule has 6 aliphatic rings. The zero-order chi connectivity index (χ0) is 56.9. The lowest BCUT2D eigenvalue weighted by Crippen LogP contribution is -2.64. The summed E-state index contributed by atoms with van der Waals surface area (Å²) in [6.07, 6.45) is 9.30. The smallest absolute Gasteiger partial charge is 0.257 e. The van der Waals surface area contributed by atoms with Crippen molar-refractivity contribution < 1.29 is 4.42 Å². The Hall–Kier alpha value is -6.46. The average molecular weight is 1070 g/mol. The summed E-state index contributed by atoms with van der Waals surface area (Å²) in [5, 5.41) is 1.25. The summed E-state index contributed by atoms with van der Waals surface area (Å²) in [6.45, 7) is 38.8. The lowest BCUT2D eigenvalue weighted by Gasteiger charge is -2.52. The first-order valence-electron chi connectivity index (χ1n) is 30.9. The fourth-order valence-electron chi connectivity index (χ4n) is 16.5. The van der Waals surface area contributed by atoms with Crippen molar-refractivity contribution in [2.45, 2.75) is 206 Å². The minimum Gasteiger partial charge on any atom is -0.440 e. The van der Waals surface area contributed by atoms with Gasteiger partial charge in [-0.05, 0) is 206 Å². The third-order valence-electron chi connectivity index (χ3n) is 22.0. The van der Waals surface area contributed by atoms with Crippen LogP contribution >= 0.6 is 0 Å². The van der Waals surface area contributed by atoms with Crippen LogP contribution in [-0.2, 0) is 37.9 Å². The molecule has 0 amide bonds. The van der Waals surface area contributed by atoms with Gasteiger partial charge in [-0.15, -0.1) is 0 Å². The van der Waals surface area contributed by atoms with Gasteiger partial charge in [0, 0.05) is 50.4 Å². The first-order chi connectivity index (χ1) is 38.1. The van der Waals surface area contributed by atoms with Gasteiger partial charge in [0.05, 0.1) is 11.2 Å². The van der Waals surface area contributed by atoms with Gasteiger partial charge in [0.1, 0.15) is 5.58 Å². The molecule has 5 heteroatoms. The fraction of sp³-hybridized carbons (Fsp3) is 0.421. The summed E-state index contributed by atoms with van der Waals surface area (Å²) in [6, 6.07) is 53.2. The predicted octanol–water partition coefficient (Wildman–Crippen LogP) is 19.2. The van der Waals surface area contributed by atoms with Gasteiger partial charge >= 0.3 is 0 Å². The lowest BCUT2D eigenvalue weighted by atomic mass is 9.33. The normalized spacial score (nSPS) is 22.3. The molecule has 0 saturated heterocycles. The number of fused-ring (bicyclic) bond motifs is 11. The maximum atomic E-state index is 7.87. The van der Waals surface area contributed by atoms with Crippen molar-refractivity contribution in [3.63, 3.8) is 0 Å². The molecule has 1 aromatic heterocycles. The van der Waals surface area contributed by atoms with Crippen molar-refractivity contribution in [2.24, 2.45) is 0 Å². The Bertz CT molecular complexity index is 3840. The number of benzene rings is 7. The van der Waals surface area contributed by atoms with Crippen LogP contribution < -0.4 is 31.1 Å². The van der Waals surface area contributed by atoms with Gasteiger partial charge in [0.25, 0.3) is 6.71 Å². The Morgan fingerprint density at radius 1 is 0.469 bits per heavy atom. The van der Waals surface area contributed by atoms with Crippen LogP contribution in [0.4, 0.5) is 45.7 Å². The van der Waals surface area contributed by atoms with Gasteiger partial charge < -0.3 is 14.2 Å². The Labute approximate surface area is 485 Å². The molecule has 1 saturated carbocycles. The highest BCUT2D eigenvalue weighted by Gasteiger charge is 2.62. The van der Waals surface area contributed by atoms with Crippen LogP contribution in [0, 0.1) is 0 Å². The van der Waals surface area contributed by atoms with Crippen molar-refractivity contribution in [1.82, 2.24) is 0 Å². The van der Waals surface area contributed by atoms with Crippen molar-refractivity contribution in [2.75, 3.05) is 14.7 Å². The van der Waals surface area contributed by atoms with E-state index < -0.39 is 0 Å². The van der Waals surface area contributed by atoms with Crippen LogP contribution in [0.25, 0.3) is 22.1 Å². The van der Waals surface area contributed by atoms with Gasteiger partial charge in [-0.25, -0.2) is 0 Å². The Morgan fingerprint density at radius 3 is 1.60 bits per heavy atom. The highest BCUT2D eigenvalue weighted by Crippen LogP contribution is 2.63. The van der Waals surface area contributed by atoms with E-state index in [0.29, 0.717) is 0 Å². The molecule has 0 spiro atoms. The molecule has 2 atom stereocenters. The Morgan fingerprint density at radius 2 is 1.01 bits per heavy atom. The average Bonchev–Trinajstić information content (AvgIpc) is 2.07. The highest BCUT2D eigenvalue weighted by molar-refractivity contribution is 7.01. The van der Waals surface area contributed by atoms with Crippen LogP contribution in [0.1, 0.15) is 201 Å². The second-order valence-electron chi connectivity index (χ2n) is 31.1. The number of rotatable bonds is 5. The van der Waals surface area contributed by atoms with E-state index in [0.717, 1.165) is 60.6 Å². The molecule has 0 radical (unpaired) electrons. The number of hydrogen-bond donors (Lipinski definition) is 0. The van der Waals surface area contributed by atoms with E-state index in [2.05, 4.69) is 259 Å². The summed E-state index contributed by atoms with van der Waals surface area (Å²) in [5.41, 5.74) is 26.0. The molecule has 4 nitrogen and oxygen atoms in total. The standard InChI is InChI=1S/C76H86BN3O/c1-69(2,3)49-24-28-51(29-25-49)78(52-30-26-50(27-31-52)70(4,5)6)54-43-62-66-63(44-54)80-67-60(75(15)34-20-21-35-76(75,80)16)40-48(47-22-18-17-19-23-47)41-61(67)77(66)65-55-45-58-59(74(13,14)39-38-73(58,11)12)46-64(55)81-68(65)79(62)53-32-33-56-57(42-53)72(9,10)37-36-71(56,7)8/h17-19,22-33,40-46H,20-21,34-39H2,1-16H3. The quantitative estimate of drug-likeness (QED) is 0.160. The monoisotopic (exact) mass is 1070 g/mol. The van der Waals surface area contributed by atoms with E-state index in [1.807, 2.05) is 0 Å². The Balaban J connectivity index is 1.14. The zero-order valence-electron chi connectivity index (χ0n) is 51.7. The molecular formula is C76H86BN3O. The molecule has 1 fully saturated rings. The third-order valence-corrected chi connectivity index (χ3v) is 22.0. The largest absolute Gasteiger partial charge is 0.440 e. The number of hydrogen-bond acceptors (Lipinski definition) is 4. The highest BCUT2D eigenvalue weighted by atomic mass is 16.4. The first-order valence-corrected chi connectivity index (χ1v) is 30.9. The summed E-state index contributed by atoms with van der Waals surface area (Å²) in [4.78, 5) is 8.09. The Kier molecular flexibility index (Phi) is 11.1. The molecule has 8 aromatic rings.